The highest BCUT2D eigenvalue weighted by molar-refractivity contribution is 5.92. The van der Waals surface area contributed by atoms with Crippen molar-refractivity contribution in [3.8, 4) is 0 Å². The average Bonchev–Trinajstić information content (AvgIpc) is 2.47. The Morgan fingerprint density at radius 3 is 3.00 bits per heavy atom. The minimum atomic E-state index is -0.563. The molecule has 1 rings (SSSR count). The Morgan fingerprint density at radius 1 is 1.85 bits per heavy atom. The second-order valence-corrected chi connectivity index (χ2v) is 2.90. The lowest BCUT2D eigenvalue weighted by Gasteiger charge is -2.04. The van der Waals surface area contributed by atoms with Crippen LogP contribution in [0.4, 0.5) is 0 Å². The van der Waals surface area contributed by atoms with Gasteiger partial charge in [-0.25, -0.2) is 0 Å². The molecule has 0 aliphatic carbocycles. The van der Waals surface area contributed by atoms with Crippen molar-refractivity contribution >= 4 is 5.91 Å². The van der Waals surface area contributed by atoms with E-state index in [1.807, 2.05) is 0 Å². The Labute approximate surface area is 75.7 Å². The number of nitrogens with one attached hydrogen (secondary N) is 1. The normalized spacial score (nSPS) is 12.5. The molecule has 0 aliphatic heterocycles. The molecular formula is C8H12N2O3. The van der Waals surface area contributed by atoms with Gasteiger partial charge in [-0.1, -0.05) is 5.16 Å². The van der Waals surface area contributed by atoms with E-state index in [0.29, 0.717) is 5.56 Å². The predicted octanol–water partition coefficient (Wildman–Crippen LogP) is 0.0936. The second-order valence-electron chi connectivity index (χ2n) is 2.90. The van der Waals surface area contributed by atoms with Crippen LogP contribution in [0.2, 0.25) is 0 Å². The summed E-state index contributed by atoms with van der Waals surface area (Å²) in [6, 6.07) is 0. The zero-order valence-electron chi connectivity index (χ0n) is 7.57. The van der Waals surface area contributed by atoms with Gasteiger partial charge in [-0.15, -0.1) is 0 Å². The number of hydrogen-bond acceptors (Lipinski definition) is 4. The van der Waals surface area contributed by atoms with Crippen molar-refractivity contribution in [1.82, 2.24) is 10.5 Å². The van der Waals surface area contributed by atoms with Crippen molar-refractivity contribution in [3.63, 3.8) is 0 Å². The summed E-state index contributed by atoms with van der Waals surface area (Å²) in [4.78, 5) is 11.3. The number of aryl methyl sites for hydroxylation is 1. The molecule has 72 valence electrons. The molecule has 0 aliphatic rings. The smallest absolute Gasteiger partial charge is 0.290 e. The van der Waals surface area contributed by atoms with Gasteiger partial charge >= 0.3 is 0 Å². The van der Waals surface area contributed by atoms with Crippen LogP contribution >= 0.6 is 0 Å². The van der Waals surface area contributed by atoms with Gasteiger partial charge in [-0.2, -0.15) is 0 Å². The number of aromatic nitrogens is 1. The van der Waals surface area contributed by atoms with Crippen molar-refractivity contribution in [3.05, 3.63) is 17.5 Å². The van der Waals surface area contributed by atoms with Crippen LogP contribution in [-0.4, -0.2) is 28.8 Å². The van der Waals surface area contributed by atoms with Crippen LogP contribution in [-0.2, 0) is 0 Å². The number of carbonyl (C=O) groups excluding carboxylic acids is 1. The molecule has 0 saturated carbocycles. The molecule has 5 heteroatoms. The first-order valence-corrected chi connectivity index (χ1v) is 3.99. The maximum Gasteiger partial charge on any atom is 0.290 e. The highest BCUT2D eigenvalue weighted by Crippen LogP contribution is 2.04. The second kappa shape index (κ2) is 4.04. The molecule has 0 saturated heterocycles. The topological polar surface area (TPSA) is 75.4 Å². The molecular weight excluding hydrogens is 172 g/mol. The van der Waals surface area contributed by atoms with Crippen molar-refractivity contribution in [1.29, 1.82) is 0 Å². The molecule has 13 heavy (non-hydrogen) atoms. The van der Waals surface area contributed by atoms with Gasteiger partial charge in [0.2, 0.25) is 5.76 Å². The minimum absolute atomic E-state index is 0.195. The van der Waals surface area contributed by atoms with E-state index in [1.165, 1.54) is 6.20 Å². The first-order valence-electron chi connectivity index (χ1n) is 3.99. The molecule has 5 nitrogen and oxygen atoms in total. The predicted molar refractivity (Wildman–Crippen MR) is 45.3 cm³/mol. The van der Waals surface area contributed by atoms with Gasteiger partial charge in [0.25, 0.3) is 5.91 Å². The largest absolute Gasteiger partial charge is 0.392 e. The summed E-state index contributed by atoms with van der Waals surface area (Å²) in [6.07, 6.45) is 0.907. The first-order chi connectivity index (χ1) is 6.11. The molecule has 1 amide bonds. The van der Waals surface area contributed by atoms with Gasteiger partial charge in [0.1, 0.15) is 0 Å². The molecule has 1 aromatic heterocycles. The zero-order chi connectivity index (χ0) is 9.84. The monoisotopic (exact) mass is 184 g/mol. The van der Waals surface area contributed by atoms with E-state index < -0.39 is 6.10 Å². The Kier molecular flexibility index (Phi) is 3.02. The van der Waals surface area contributed by atoms with Crippen LogP contribution in [0.5, 0.6) is 0 Å². The summed E-state index contributed by atoms with van der Waals surface area (Å²) in [6.45, 7) is 3.53. The molecule has 0 spiro atoms. The third-order valence-electron chi connectivity index (χ3n) is 1.51. The lowest BCUT2D eigenvalue weighted by molar-refractivity contribution is 0.0886. The molecule has 0 aromatic carbocycles. The van der Waals surface area contributed by atoms with Crippen molar-refractivity contribution in [2.45, 2.75) is 20.0 Å². The van der Waals surface area contributed by atoms with Crippen LogP contribution in [0.3, 0.4) is 0 Å². The summed E-state index contributed by atoms with van der Waals surface area (Å²) in [5, 5.41) is 14.9. The van der Waals surface area contributed by atoms with E-state index in [0.717, 1.165) is 0 Å². The van der Waals surface area contributed by atoms with Crippen molar-refractivity contribution in [2.24, 2.45) is 0 Å². The fraction of sp³-hybridized carbons (Fsp3) is 0.500. The van der Waals surface area contributed by atoms with E-state index >= 15 is 0 Å². The van der Waals surface area contributed by atoms with Gasteiger partial charge in [-0.3, -0.25) is 4.79 Å². The average molecular weight is 184 g/mol. The highest BCUT2D eigenvalue weighted by Gasteiger charge is 2.13. The third-order valence-corrected chi connectivity index (χ3v) is 1.51. The van der Waals surface area contributed by atoms with Crippen molar-refractivity contribution < 1.29 is 14.4 Å². The summed E-state index contributed by atoms with van der Waals surface area (Å²) in [5.74, 6) is -0.156. The summed E-state index contributed by atoms with van der Waals surface area (Å²) in [5.41, 5.74) is 0.683. The molecule has 1 heterocycles. The fourth-order valence-electron chi connectivity index (χ4n) is 0.830. The summed E-state index contributed by atoms with van der Waals surface area (Å²) in [7, 11) is 0. The summed E-state index contributed by atoms with van der Waals surface area (Å²) < 4.78 is 4.71. The zero-order valence-corrected chi connectivity index (χ0v) is 7.57. The van der Waals surface area contributed by atoms with E-state index in [-0.39, 0.29) is 18.2 Å². The van der Waals surface area contributed by atoms with Gasteiger partial charge in [0.15, 0.2) is 0 Å². The number of aliphatic hydroxyl groups excluding tert-OH is 1. The van der Waals surface area contributed by atoms with Crippen LogP contribution < -0.4 is 5.32 Å². The Morgan fingerprint density at radius 2 is 2.54 bits per heavy atom. The standard InChI is InChI=1S/C8H12N2O3/c1-5-3-10-13-7(5)8(12)9-4-6(2)11/h3,6,11H,4H2,1-2H3,(H,9,12). The maximum absolute atomic E-state index is 11.3. The van der Waals surface area contributed by atoms with Gasteiger partial charge < -0.3 is 14.9 Å². The molecule has 0 bridgehead atoms. The Balaban J connectivity index is 2.54. The quantitative estimate of drug-likeness (QED) is 0.698. The van der Waals surface area contributed by atoms with E-state index in [9.17, 15) is 4.79 Å². The number of amides is 1. The summed E-state index contributed by atoms with van der Waals surface area (Å²) >= 11 is 0. The SMILES string of the molecule is Cc1cnoc1C(=O)NCC(C)O. The third kappa shape index (κ3) is 2.55. The van der Waals surface area contributed by atoms with Gasteiger partial charge in [0.05, 0.1) is 12.3 Å². The fourth-order valence-corrected chi connectivity index (χ4v) is 0.830. The molecule has 1 atom stereocenters. The number of hydrogen-bond donors (Lipinski definition) is 2. The highest BCUT2D eigenvalue weighted by atomic mass is 16.5. The molecule has 1 unspecified atom stereocenters. The number of nitrogens with zero attached hydrogens (tertiary/aromatic N) is 1. The Bertz CT molecular complexity index is 293. The minimum Gasteiger partial charge on any atom is -0.392 e. The van der Waals surface area contributed by atoms with E-state index in [1.54, 1.807) is 13.8 Å². The van der Waals surface area contributed by atoms with Gasteiger partial charge in [0, 0.05) is 12.1 Å². The lowest BCUT2D eigenvalue weighted by atomic mass is 10.3. The van der Waals surface area contributed by atoms with Crippen molar-refractivity contribution in [2.75, 3.05) is 6.54 Å². The lowest BCUT2D eigenvalue weighted by Crippen LogP contribution is -2.30. The maximum atomic E-state index is 11.3. The van der Waals surface area contributed by atoms with Crippen LogP contribution in [0.15, 0.2) is 10.7 Å². The first kappa shape index (κ1) is 9.73. The molecule has 2 N–H and O–H groups in total. The molecule has 0 radical (unpaired) electrons. The van der Waals surface area contributed by atoms with Crippen LogP contribution in [0.25, 0.3) is 0 Å². The Hall–Kier alpha value is -1.36. The molecule has 0 fully saturated rings. The molecule has 1 aromatic rings. The number of rotatable bonds is 3. The van der Waals surface area contributed by atoms with Crippen LogP contribution in [0, 0.1) is 6.92 Å². The van der Waals surface area contributed by atoms with E-state index in [2.05, 4.69) is 10.5 Å². The van der Waals surface area contributed by atoms with E-state index in [4.69, 9.17) is 9.63 Å². The van der Waals surface area contributed by atoms with Crippen LogP contribution in [0.1, 0.15) is 23.0 Å². The number of carbonyl (C=O) groups is 1. The van der Waals surface area contributed by atoms with Gasteiger partial charge in [-0.05, 0) is 13.8 Å². The number of aliphatic hydroxyl groups is 1.